The number of rotatable bonds is 5. The van der Waals surface area contributed by atoms with Gasteiger partial charge in [0.2, 0.25) is 5.91 Å². The number of morpholine rings is 1. The molecule has 0 radical (unpaired) electrons. The van der Waals surface area contributed by atoms with Crippen molar-refractivity contribution >= 4 is 35.8 Å². The molecule has 2 fully saturated rings. The first-order valence-corrected chi connectivity index (χ1v) is 10.7. The maximum atomic E-state index is 12.4. The molecule has 0 unspecified atom stereocenters. The number of benzene rings is 1. The summed E-state index contributed by atoms with van der Waals surface area (Å²) in [5.74, 6) is 1.17. The predicted molar refractivity (Wildman–Crippen MR) is 132 cm³/mol. The second kappa shape index (κ2) is 12.5. The number of piperazine rings is 1. The quantitative estimate of drug-likeness (QED) is 0.356. The van der Waals surface area contributed by atoms with Gasteiger partial charge < -0.3 is 19.9 Å². The highest BCUT2D eigenvalue weighted by Gasteiger charge is 2.24. The van der Waals surface area contributed by atoms with E-state index in [0.717, 1.165) is 58.2 Å². The molecule has 2 aliphatic heterocycles. The van der Waals surface area contributed by atoms with Crippen molar-refractivity contribution in [3.63, 3.8) is 0 Å². The third kappa shape index (κ3) is 7.39. The second-order valence-corrected chi connectivity index (χ2v) is 7.98. The summed E-state index contributed by atoms with van der Waals surface area (Å²) in [7, 11) is 1.84. The van der Waals surface area contributed by atoms with E-state index in [0.29, 0.717) is 19.8 Å². The van der Waals surface area contributed by atoms with E-state index in [2.05, 4.69) is 52.2 Å². The zero-order chi connectivity index (χ0) is 20.6. The van der Waals surface area contributed by atoms with Gasteiger partial charge in [-0.25, -0.2) is 0 Å². The zero-order valence-corrected chi connectivity index (χ0v) is 20.9. The number of halogens is 1. The van der Waals surface area contributed by atoms with Crippen LogP contribution in [0.2, 0.25) is 0 Å². The Hall–Kier alpha value is -1.39. The van der Waals surface area contributed by atoms with E-state index in [9.17, 15) is 4.79 Å². The molecule has 7 nitrogen and oxygen atoms in total. The van der Waals surface area contributed by atoms with Crippen LogP contribution in [0.25, 0.3) is 0 Å². The van der Waals surface area contributed by atoms with Crippen LogP contribution in [0, 0.1) is 13.8 Å². The van der Waals surface area contributed by atoms with E-state index < -0.39 is 0 Å². The van der Waals surface area contributed by atoms with Crippen LogP contribution in [0.15, 0.2) is 23.2 Å². The molecule has 1 N–H and O–H groups in total. The van der Waals surface area contributed by atoms with Crippen molar-refractivity contribution in [1.82, 2.24) is 20.0 Å². The van der Waals surface area contributed by atoms with Crippen molar-refractivity contribution in [2.45, 2.75) is 20.3 Å². The number of carbonyl (C=O) groups excluding carboxylic acids is 1. The van der Waals surface area contributed by atoms with Gasteiger partial charge in [0.05, 0.1) is 19.8 Å². The maximum absolute atomic E-state index is 12.4. The molecular weight excluding hydrogens is 493 g/mol. The number of aliphatic imine (C=N–C) groups is 1. The maximum Gasteiger partial charge on any atom is 0.236 e. The van der Waals surface area contributed by atoms with E-state index in [1.807, 2.05) is 11.9 Å². The number of ether oxygens (including phenoxy) is 1. The summed E-state index contributed by atoms with van der Waals surface area (Å²) < 4.78 is 5.33. The SMILES string of the molecule is CN=C(NCCc1cc(C)cc(C)c1)N1CCN(CC(=O)N2CCOCC2)CC1.I. The number of guanidine groups is 1. The third-order valence-electron chi connectivity index (χ3n) is 5.58. The monoisotopic (exact) mass is 529 g/mol. The van der Waals surface area contributed by atoms with E-state index in [1.165, 1.54) is 16.7 Å². The van der Waals surface area contributed by atoms with Crippen molar-refractivity contribution in [2.75, 3.05) is 72.6 Å². The average molecular weight is 529 g/mol. The summed E-state index contributed by atoms with van der Waals surface area (Å²) in [6.45, 7) is 12.0. The minimum atomic E-state index is 0. The van der Waals surface area contributed by atoms with Gasteiger partial charge in [-0.1, -0.05) is 29.3 Å². The van der Waals surface area contributed by atoms with Crippen LogP contribution < -0.4 is 5.32 Å². The predicted octanol–water partition coefficient (Wildman–Crippen LogP) is 1.52. The number of hydrogen-bond donors (Lipinski definition) is 1. The Morgan fingerprint density at radius 1 is 1.00 bits per heavy atom. The first-order chi connectivity index (χ1) is 14.0. The molecule has 30 heavy (non-hydrogen) atoms. The summed E-state index contributed by atoms with van der Waals surface area (Å²) >= 11 is 0. The smallest absolute Gasteiger partial charge is 0.236 e. The number of carbonyl (C=O) groups is 1. The fourth-order valence-corrected chi connectivity index (χ4v) is 4.09. The Bertz CT molecular complexity index is 693. The normalized spacial score (nSPS) is 18.2. The van der Waals surface area contributed by atoms with Gasteiger partial charge in [0.25, 0.3) is 0 Å². The van der Waals surface area contributed by atoms with Crippen molar-refractivity contribution in [1.29, 1.82) is 0 Å². The first-order valence-electron chi connectivity index (χ1n) is 10.7. The second-order valence-electron chi connectivity index (χ2n) is 7.98. The Balaban J connectivity index is 0.00000320. The number of amides is 1. The molecular formula is C22H36IN5O2. The van der Waals surface area contributed by atoms with Crippen LogP contribution in [0.1, 0.15) is 16.7 Å². The molecule has 3 rings (SSSR count). The van der Waals surface area contributed by atoms with Crippen molar-refractivity contribution < 1.29 is 9.53 Å². The minimum absolute atomic E-state index is 0. The van der Waals surface area contributed by atoms with Crippen LogP contribution in [-0.4, -0.2) is 99.2 Å². The molecule has 0 atom stereocenters. The lowest BCUT2D eigenvalue weighted by Gasteiger charge is -2.37. The molecule has 1 amide bonds. The molecule has 1 aromatic rings. The molecule has 0 aromatic heterocycles. The summed E-state index contributed by atoms with van der Waals surface area (Å²) in [5, 5.41) is 3.50. The highest BCUT2D eigenvalue weighted by Crippen LogP contribution is 2.09. The summed E-state index contributed by atoms with van der Waals surface area (Å²) in [6, 6.07) is 6.71. The van der Waals surface area contributed by atoms with Crippen molar-refractivity contribution in [2.24, 2.45) is 4.99 Å². The van der Waals surface area contributed by atoms with Crippen LogP contribution in [-0.2, 0) is 16.0 Å². The molecule has 0 spiro atoms. The molecule has 2 saturated heterocycles. The molecule has 0 saturated carbocycles. The van der Waals surface area contributed by atoms with Gasteiger partial charge in [-0.2, -0.15) is 0 Å². The molecule has 0 bridgehead atoms. The zero-order valence-electron chi connectivity index (χ0n) is 18.5. The van der Waals surface area contributed by atoms with Gasteiger partial charge in [-0.05, 0) is 25.8 Å². The first kappa shape index (κ1) is 24.9. The average Bonchev–Trinajstić information content (AvgIpc) is 2.72. The molecule has 8 heteroatoms. The summed E-state index contributed by atoms with van der Waals surface area (Å²) in [5.41, 5.74) is 3.98. The summed E-state index contributed by atoms with van der Waals surface area (Å²) in [6.07, 6.45) is 0.982. The Morgan fingerprint density at radius 3 is 2.23 bits per heavy atom. The number of aryl methyl sites for hydroxylation is 2. The van der Waals surface area contributed by atoms with Crippen molar-refractivity contribution in [3.8, 4) is 0 Å². The highest BCUT2D eigenvalue weighted by atomic mass is 127. The number of nitrogens with one attached hydrogen (secondary N) is 1. The molecule has 168 valence electrons. The summed E-state index contributed by atoms with van der Waals surface area (Å²) in [4.78, 5) is 23.4. The van der Waals surface area contributed by atoms with Gasteiger partial charge in [0, 0.05) is 52.9 Å². The van der Waals surface area contributed by atoms with Crippen LogP contribution in [0.3, 0.4) is 0 Å². The lowest BCUT2D eigenvalue weighted by Crippen LogP contribution is -2.55. The number of hydrogen-bond acceptors (Lipinski definition) is 4. The molecule has 2 aliphatic rings. The van der Waals surface area contributed by atoms with E-state index in [-0.39, 0.29) is 29.9 Å². The van der Waals surface area contributed by atoms with Crippen LogP contribution in [0.4, 0.5) is 0 Å². The van der Waals surface area contributed by atoms with E-state index in [1.54, 1.807) is 0 Å². The fourth-order valence-electron chi connectivity index (χ4n) is 4.09. The van der Waals surface area contributed by atoms with Crippen molar-refractivity contribution in [3.05, 3.63) is 34.9 Å². The third-order valence-corrected chi connectivity index (χ3v) is 5.58. The lowest BCUT2D eigenvalue weighted by atomic mass is 10.1. The van der Waals surface area contributed by atoms with Gasteiger partial charge >= 0.3 is 0 Å². The highest BCUT2D eigenvalue weighted by molar-refractivity contribution is 14.0. The lowest BCUT2D eigenvalue weighted by molar-refractivity contribution is -0.136. The van der Waals surface area contributed by atoms with Gasteiger partial charge in [-0.15, -0.1) is 24.0 Å². The molecule has 1 aromatic carbocycles. The molecule has 0 aliphatic carbocycles. The van der Waals surface area contributed by atoms with Crippen LogP contribution in [0.5, 0.6) is 0 Å². The Morgan fingerprint density at radius 2 is 1.63 bits per heavy atom. The van der Waals surface area contributed by atoms with Gasteiger partial charge in [0.15, 0.2) is 5.96 Å². The fraction of sp³-hybridized carbons (Fsp3) is 0.636. The standard InChI is InChI=1S/C22H35N5O2.HI/c1-18-14-19(2)16-20(15-18)4-5-24-22(23-3)27-8-6-25(7-9-27)17-21(28)26-10-12-29-13-11-26;/h14-16H,4-13,17H2,1-3H3,(H,23,24);1H. The molecule has 2 heterocycles. The minimum Gasteiger partial charge on any atom is -0.378 e. The van der Waals surface area contributed by atoms with Crippen LogP contribution >= 0.6 is 24.0 Å². The topological polar surface area (TPSA) is 60.4 Å². The number of nitrogens with zero attached hydrogens (tertiary/aromatic N) is 4. The van der Waals surface area contributed by atoms with E-state index in [4.69, 9.17) is 4.74 Å². The van der Waals surface area contributed by atoms with Gasteiger partial charge in [0.1, 0.15) is 0 Å². The largest absolute Gasteiger partial charge is 0.378 e. The van der Waals surface area contributed by atoms with E-state index >= 15 is 0 Å². The Kier molecular flexibility index (Phi) is 10.3. The van der Waals surface area contributed by atoms with Gasteiger partial charge in [-0.3, -0.25) is 14.7 Å². The Labute approximate surface area is 197 Å².